The second-order valence-corrected chi connectivity index (χ2v) is 5.94. The molecule has 1 saturated heterocycles. The number of nitrogens with zero attached hydrogens (tertiary/aromatic N) is 1. The van der Waals surface area contributed by atoms with E-state index in [0.717, 1.165) is 42.9 Å². The van der Waals surface area contributed by atoms with Crippen molar-refractivity contribution in [1.29, 1.82) is 0 Å². The minimum Gasteiger partial charge on any atom is -0.379 e. The molecule has 25 heavy (non-hydrogen) atoms. The number of ether oxygens (including phenoxy) is 1. The van der Waals surface area contributed by atoms with Crippen molar-refractivity contribution in [1.82, 2.24) is 10.2 Å². The van der Waals surface area contributed by atoms with Gasteiger partial charge in [0, 0.05) is 26.2 Å². The van der Waals surface area contributed by atoms with Crippen LogP contribution in [-0.2, 0) is 17.8 Å². The topological polar surface area (TPSA) is 41.6 Å². The summed E-state index contributed by atoms with van der Waals surface area (Å²) in [4.78, 5) is 14.4. The predicted molar refractivity (Wildman–Crippen MR) is 90.1 cm³/mol. The number of amides is 1. The molecule has 3 rings (SSSR count). The molecule has 0 unspecified atom stereocenters. The van der Waals surface area contributed by atoms with Crippen LogP contribution in [-0.4, -0.2) is 37.1 Å². The molecule has 0 aromatic heterocycles. The van der Waals surface area contributed by atoms with Gasteiger partial charge in [-0.3, -0.25) is 9.69 Å². The smallest absolute Gasteiger partial charge is 0.257 e. The average molecular weight is 346 g/mol. The monoisotopic (exact) mass is 346 g/mol. The molecule has 1 heterocycles. The van der Waals surface area contributed by atoms with Crippen LogP contribution in [0.2, 0.25) is 0 Å². The van der Waals surface area contributed by atoms with Crippen molar-refractivity contribution in [3.63, 3.8) is 0 Å². The summed E-state index contributed by atoms with van der Waals surface area (Å²) >= 11 is 0. The van der Waals surface area contributed by atoms with E-state index in [-0.39, 0.29) is 6.54 Å². The van der Waals surface area contributed by atoms with Gasteiger partial charge in [0.1, 0.15) is 17.2 Å². The number of hydrogen-bond donors (Lipinski definition) is 1. The summed E-state index contributed by atoms with van der Waals surface area (Å²) in [5.41, 5.74) is 1.46. The van der Waals surface area contributed by atoms with Crippen LogP contribution >= 0.6 is 0 Å². The maximum Gasteiger partial charge on any atom is 0.257 e. The fraction of sp³-hybridized carbons (Fsp3) is 0.316. The number of nitrogens with one attached hydrogen (secondary N) is 1. The van der Waals surface area contributed by atoms with Crippen molar-refractivity contribution in [3.8, 4) is 0 Å². The highest BCUT2D eigenvalue weighted by molar-refractivity contribution is 5.94. The van der Waals surface area contributed by atoms with E-state index < -0.39 is 23.1 Å². The fourth-order valence-electron chi connectivity index (χ4n) is 2.86. The number of morpholine rings is 1. The van der Waals surface area contributed by atoms with Gasteiger partial charge in [-0.25, -0.2) is 8.78 Å². The van der Waals surface area contributed by atoms with Crippen LogP contribution in [0.15, 0.2) is 42.5 Å². The van der Waals surface area contributed by atoms with Crippen molar-refractivity contribution in [2.45, 2.75) is 13.1 Å². The second kappa shape index (κ2) is 8.18. The van der Waals surface area contributed by atoms with Crippen molar-refractivity contribution in [3.05, 3.63) is 70.8 Å². The van der Waals surface area contributed by atoms with Crippen LogP contribution in [0.25, 0.3) is 0 Å². The molecule has 0 bridgehead atoms. The summed E-state index contributed by atoms with van der Waals surface area (Å²) < 4.78 is 32.7. The number of rotatable bonds is 5. The maximum atomic E-state index is 13.7. The molecule has 0 saturated carbocycles. The molecule has 2 aromatic carbocycles. The van der Waals surface area contributed by atoms with Crippen LogP contribution < -0.4 is 5.32 Å². The molecule has 0 spiro atoms. The van der Waals surface area contributed by atoms with Crippen LogP contribution in [0.4, 0.5) is 8.78 Å². The Kier molecular flexibility index (Phi) is 5.73. The van der Waals surface area contributed by atoms with E-state index in [0.29, 0.717) is 13.2 Å². The Balaban J connectivity index is 1.68. The summed E-state index contributed by atoms with van der Waals surface area (Å²) in [7, 11) is 0. The first kappa shape index (κ1) is 17.5. The number of carbonyl (C=O) groups excluding carboxylic acids is 1. The van der Waals surface area contributed by atoms with E-state index in [4.69, 9.17) is 4.74 Å². The number of halogens is 2. The Hall–Kier alpha value is -2.31. The van der Waals surface area contributed by atoms with Gasteiger partial charge in [0.05, 0.1) is 13.2 Å². The molecule has 132 valence electrons. The van der Waals surface area contributed by atoms with Crippen molar-refractivity contribution in [2.75, 3.05) is 26.3 Å². The molecule has 2 aromatic rings. The lowest BCUT2D eigenvalue weighted by Gasteiger charge is -2.27. The summed E-state index contributed by atoms with van der Waals surface area (Å²) in [6.07, 6.45) is 0. The number of benzene rings is 2. The summed E-state index contributed by atoms with van der Waals surface area (Å²) in [5, 5.41) is 2.61. The Morgan fingerprint density at radius 1 is 1.00 bits per heavy atom. The van der Waals surface area contributed by atoms with E-state index in [9.17, 15) is 13.6 Å². The Labute approximate surface area is 145 Å². The molecule has 1 N–H and O–H groups in total. The molecule has 0 atom stereocenters. The first-order chi connectivity index (χ1) is 12.1. The molecular formula is C19H20F2N2O2. The van der Waals surface area contributed by atoms with Gasteiger partial charge in [0.2, 0.25) is 0 Å². The third kappa shape index (κ3) is 4.41. The lowest BCUT2D eigenvalue weighted by atomic mass is 10.1. The highest BCUT2D eigenvalue weighted by atomic mass is 19.1. The SMILES string of the molecule is O=C(NCc1ccccc1CN1CCOCC1)c1c(F)cccc1F. The van der Waals surface area contributed by atoms with Gasteiger partial charge in [0.25, 0.3) is 5.91 Å². The van der Waals surface area contributed by atoms with Crippen LogP contribution in [0.3, 0.4) is 0 Å². The molecule has 0 aliphatic carbocycles. The van der Waals surface area contributed by atoms with Crippen molar-refractivity contribution in [2.24, 2.45) is 0 Å². The zero-order valence-corrected chi connectivity index (χ0v) is 13.8. The Morgan fingerprint density at radius 2 is 1.64 bits per heavy atom. The van der Waals surface area contributed by atoms with Gasteiger partial charge in [-0.05, 0) is 23.3 Å². The number of carbonyl (C=O) groups is 1. The quantitative estimate of drug-likeness (QED) is 0.905. The van der Waals surface area contributed by atoms with Gasteiger partial charge in [0.15, 0.2) is 0 Å². The first-order valence-corrected chi connectivity index (χ1v) is 8.24. The molecule has 6 heteroatoms. The van der Waals surface area contributed by atoms with E-state index in [1.54, 1.807) is 0 Å². The van der Waals surface area contributed by atoms with E-state index in [2.05, 4.69) is 10.2 Å². The molecule has 4 nitrogen and oxygen atoms in total. The molecule has 1 amide bonds. The van der Waals surface area contributed by atoms with Crippen molar-refractivity contribution < 1.29 is 18.3 Å². The summed E-state index contributed by atoms with van der Waals surface area (Å²) in [6, 6.07) is 11.1. The maximum absolute atomic E-state index is 13.7. The Morgan fingerprint density at radius 3 is 2.32 bits per heavy atom. The van der Waals surface area contributed by atoms with Gasteiger partial charge in [-0.2, -0.15) is 0 Å². The van der Waals surface area contributed by atoms with Crippen molar-refractivity contribution >= 4 is 5.91 Å². The molecule has 0 radical (unpaired) electrons. The second-order valence-electron chi connectivity index (χ2n) is 5.94. The van der Waals surface area contributed by atoms with E-state index in [1.165, 1.54) is 6.07 Å². The third-order valence-corrected chi connectivity index (χ3v) is 4.25. The molecule has 1 aliphatic heterocycles. The minimum absolute atomic E-state index is 0.215. The van der Waals surface area contributed by atoms with Crippen LogP contribution in [0.1, 0.15) is 21.5 Å². The molecule has 1 fully saturated rings. The molecular weight excluding hydrogens is 326 g/mol. The summed E-state index contributed by atoms with van der Waals surface area (Å²) in [6.45, 7) is 4.12. The lowest BCUT2D eigenvalue weighted by molar-refractivity contribution is 0.0340. The van der Waals surface area contributed by atoms with Gasteiger partial charge < -0.3 is 10.1 Å². The lowest BCUT2D eigenvalue weighted by Crippen LogP contribution is -2.36. The number of hydrogen-bond acceptors (Lipinski definition) is 3. The van der Waals surface area contributed by atoms with Crippen LogP contribution in [0, 0.1) is 11.6 Å². The van der Waals surface area contributed by atoms with Gasteiger partial charge in [-0.15, -0.1) is 0 Å². The first-order valence-electron chi connectivity index (χ1n) is 8.24. The average Bonchev–Trinajstić information content (AvgIpc) is 2.62. The highest BCUT2D eigenvalue weighted by Gasteiger charge is 2.17. The highest BCUT2D eigenvalue weighted by Crippen LogP contribution is 2.15. The predicted octanol–water partition coefficient (Wildman–Crippen LogP) is 2.73. The standard InChI is InChI=1S/C19H20F2N2O2/c20-16-6-3-7-17(21)18(16)19(24)22-12-14-4-1-2-5-15(14)13-23-8-10-25-11-9-23/h1-7H,8-13H2,(H,22,24). The van der Waals surface area contributed by atoms with E-state index in [1.807, 2.05) is 24.3 Å². The van der Waals surface area contributed by atoms with Gasteiger partial charge >= 0.3 is 0 Å². The zero-order valence-electron chi connectivity index (χ0n) is 13.8. The molecule has 1 aliphatic rings. The largest absolute Gasteiger partial charge is 0.379 e. The van der Waals surface area contributed by atoms with E-state index >= 15 is 0 Å². The minimum atomic E-state index is -0.862. The Bertz CT molecular complexity index is 726. The fourth-order valence-corrected chi connectivity index (χ4v) is 2.86. The van der Waals surface area contributed by atoms with Gasteiger partial charge in [-0.1, -0.05) is 30.3 Å². The van der Waals surface area contributed by atoms with Crippen LogP contribution in [0.5, 0.6) is 0 Å². The summed E-state index contributed by atoms with van der Waals surface area (Å²) in [5.74, 6) is -2.48. The zero-order chi connectivity index (χ0) is 17.6. The normalized spacial score (nSPS) is 15.1. The third-order valence-electron chi connectivity index (χ3n) is 4.25.